The Morgan fingerprint density at radius 1 is 1.46 bits per heavy atom. The van der Waals surface area contributed by atoms with Gasteiger partial charge in [-0.15, -0.1) is 0 Å². The van der Waals surface area contributed by atoms with Crippen molar-refractivity contribution in [2.75, 3.05) is 13.7 Å². The second kappa shape index (κ2) is 6.96. The molecule has 1 amide bonds. The van der Waals surface area contributed by atoms with Gasteiger partial charge in [0.1, 0.15) is 12.7 Å². The molecular formula is C16H22N6O2. The van der Waals surface area contributed by atoms with E-state index in [0.717, 1.165) is 11.3 Å². The number of nitrogens with one attached hydrogen (secondary N) is 1. The second-order valence-electron chi connectivity index (χ2n) is 5.87. The van der Waals surface area contributed by atoms with E-state index >= 15 is 0 Å². The van der Waals surface area contributed by atoms with E-state index in [2.05, 4.69) is 27.3 Å². The minimum atomic E-state index is 0.0413. The van der Waals surface area contributed by atoms with Crippen LogP contribution in [0, 0.1) is 0 Å². The van der Waals surface area contributed by atoms with Crippen LogP contribution in [-0.2, 0) is 19.6 Å². The molecular weight excluding hydrogens is 308 g/mol. The summed E-state index contributed by atoms with van der Waals surface area (Å²) in [7, 11) is 1.60. The van der Waals surface area contributed by atoms with Gasteiger partial charge in [0.2, 0.25) is 5.88 Å². The van der Waals surface area contributed by atoms with E-state index < -0.39 is 0 Å². The largest absolute Gasteiger partial charge is 0.481 e. The standard InChI is InChI=1S/C16H22N6O2/c1-4-21-8-14-13(16(21)23)5-12(15(20-14)24-3)6-18-11(2)7-22-10-17-9-19-22/h5,9-11,18H,4,6-8H2,1-3H3/t11-/m0/s1. The normalized spacial score (nSPS) is 14.8. The van der Waals surface area contributed by atoms with E-state index in [-0.39, 0.29) is 11.9 Å². The SMILES string of the molecule is CCN1Cc2nc(OC)c(CN[C@@H](C)Cn3cncn3)cc2C1=O. The number of hydrogen-bond acceptors (Lipinski definition) is 6. The third kappa shape index (κ3) is 3.23. The molecule has 1 aliphatic rings. The lowest BCUT2D eigenvalue weighted by Gasteiger charge is -2.15. The monoisotopic (exact) mass is 330 g/mol. The summed E-state index contributed by atoms with van der Waals surface area (Å²) < 4.78 is 7.18. The molecule has 8 heteroatoms. The first kappa shape index (κ1) is 16.4. The molecule has 1 aliphatic heterocycles. The molecule has 0 unspecified atom stereocenters. The summed E-state index contributed by atoms with van der Waals surface area (Å²) in [6.45, 7) is 6.55. The fourth-order valence-corrected chi connectivity index (χ4v) is 2.82. The fourth-order valence-electron chi connectivity index (χ4n) is 2.82. The molecule has 0 saturated carbocycles. The van der Waals surface area contributed by atoms with E-state index in [1.807, 2.05) is 13.0 Å². The summed E-state index contributed by atoms with van der Waals surface area (Å²) >= 11 is 0. The molecule has 0 radical (unpaired) electrons. The van der Waals surface area contributed by atoms with E-state index in [4.69, 9.17) is 4.74 Å². The number of hydrogen-bond donors (Lipinski definition) is 1. The maximum Gasteiger partial charge on any atom is 0.256 e. The number of methoxy groups -OCH3 is 1. The van der Waals surface area contributed by atoms with Crippen molar-refractivity contribution in [1.82, 2.24) is 30.0 Å². The number of carbonyl (C=O) groups is 1. The summed E-state index contributed by atoms with van der Waals surface area (Å²) in [4.78, 5) is 22.6. The Labute approximate surface area is 140 Å². The lowest BCUT2D eigenvalue weighted by atomic mass is 10.1. The van der Waals surface area contributed by atoms with Crippen LogP contribution >= 0.6 is 0 Å². The van der Waals surface area contributed by atoms with Gasteiger partial charge in [-0.2, -0.15) is 5.10 Å². The van der Waals surface area contributed by atoms with Crippen LogP contribution in [0.5, 0.6) is 5.88 Å². The van der Waals surface area contributed by atoms with Gasteiger partial charge in [0.25, 0.3) is 5.91 Å². The molecule has 24 heavy (non-hydrogen) atoms. The number of fused-ring (bicyclic) bond motifs is 1. The number of ether oxygens (including phenoxy) is 1. The molecule has 2 aromatic rings. The lowest BCUT2D eigenvalue weighted by molar-refractivity contribution is 0.0786. The Bertz CT molecular complexity index is 716. The van der Waals surface area contributed by atoms with Crippen molar-refractivity contribution < 1.29 is 9.53 Å². The average molecular weight is 330 g/mol. The Morgan fingerprint density at radius 3 is 2.96 bits per heavy atom. The second-order valence-corrected chi connectivity index (χ2v) is 5.87. The predicted molar refractivity (Wildman–Crippen MR) is 87.5 cm³/mol. The molecule has 2 aromatic heterocycles. The summed E-state index contributed by atoms with van der Waals surface area (Å²) in [6.07, 6.45) is 3.21. The van der Waals surface area contributed by atoms with Crippen LogP contribution in [0.4, 0.5) is 0 Å². The van der Waals surface area contributed by atoms with Crippen molar-refractivity contribution in [3.63, 3.8) is 0 Å². The Kier molecular flexibility index (Phi) is 4.75. The van der Waals surface area contributed by atoms with Gasteiger partial charge < -0.3 is 15.0 Å². The number of carbonyl (C=O) groups excluding carboxylic acids is 1. The van der Waals surface area contributed by atoms with Gasteiger partial charge in [0.05, 0.1) is 31.5 Å². The van der Waals surface area contributed by atoms with Crippen LogP contribution in [0.2, 0.25) is 0 Å². The topological polar surface area (TPSA) is 85.2 Å². The van der Waals surface area contributed by atoms with Crippen LogP contribution in [0.15, 0.2) is 18.7 Å². The predicted octanol–water partition coefficient (Wildman–Crippen LogP) is 0.836. The number of pyridine rings is 1. The molecule has 3 rings (SSSR count). The first-order valence-corrected chi connectivity index (χ1v) is 8.04. The number of rotatable bonds is 7. The van der Waals surface area contributed by atoms with Crippen molar-refractivity contribution in [3.8, 4) is 5.88 Å². The quantitative estimate of drug-likeness (QED) is 0.809. The highest BCUT2D eigenvalue weighted by Crippen LogP contribution is 2.26. The van der Waals surface area contributed by atoms with Gasteiger partial charge in [0.15, 0.2) is 0 Å². The highest BCUT2D eigenvalue weighted by molar-refractivity contribution is 5.98. The van der Waals surface area contributed by atoms with Crippen LogP contribution < -0.4 is 10.1 Å². The van der Waals surface area contributed by atoms with Crippen molar-refractivity contribution >= 4 is 5.91 Å². The third-order valence-corrected chi connectivity index (χ3v) is 4.14. The van der Waals surface area contributed by atoms with Gasteiger partial charge in [-0.05, 0) is 19.9 Å². The molecule has 0 aliphatic carbocycles. The third-order valence-electron chi connectivity index (χ3n) is 4.14. The zero-order valence-electron chi connectivity index (χ0n) is 14.2. The molecule has 0 bridgehead atoms. The van der Waals surface area contributed by atoms with Crippen molar-refractivity contribution in [2.24, 2.45) is 0 Å². The molecule has 0 aromatic carbocycles. The van der Waals surface area contributed by atoms with Crippen molar-refractivity contribution in [3.05, 3.63) is 35.5 Å². The summed E-state index contributed by atoms with van der Waals surface area (Å²) in [5.41, 5.74) is 2.35. The molecule has 128 valence electrons. The van der Waals surface area contributed by atoms with Crippen LogP contribution in [0.25, 0.3) is 0 Å². The first-order chi connectivity index (χ1) is 11.6. The van der Waals surface area contributed by atoms with Gasteiger partial charge in [-0.1, -0.05) is 0 Å². The summed E-state index contributed by atoms with van der Waals surface area (Å²) in [6, 6.07) is 2.08. The number of aromatic nitrogens is 4. The van der Waals surface area contributed by atoms with E-state index in [1.165, 1.54) is 6.33 Å². The van der Waals surface area contributed by atoms with Gasteiger partial charge in [-0.25, -0.2) is 9.97 Å². The van der Waals surface area contributed by atoms with Crippen LogP contribution in [-0.4, -0.2) is 50.3 Å². The maximum atomic E-state index is 12.3. The first-order valence-electron chi connectivity index (χ1n) is 8.04. The van der Waals surface area contributed by atoms with Crippen molar-refractivity contribution in [1.29, 1.82) is 0 Å². The molecule has 0 spiro atoms. The Hall–Kier alpha value is -2.48. The van der Waals surface area contributed by atoms with Crippen LogP contribution in [0.1, 0.15) is 35.5 Å². The smallest absolute Gasteiger partial charge is 0.256 e. The van der Waals surface area contributed by atoms with Crippen LogP contribution in [0.3, 0.4) is 0 Å². The highest BCUT2D eigenvalue weighted by Gasteiger charge is 2.29. The molecule has 0 saturated heterocycles. The Morgan fingerprint density at radius 2 is 2.29 bits per heavy atom. The molecule has 8 nitrogen and oxygen atoms in total. The van der Waals surface area contributed by atoms with Gasteiger partial charge >= 0.3 is 0 Å². The number of nitrogens with zero attached hydrogens (tertiary/aromatic N) is 5. The molecule has 1 atom stereocenters. The highest BCUT2D eigenvalue weighted by atomic mass is 16.5. The van der Waals surface area contributed by atoms with E-state index in [9.17, 15) is 4.79 Å². The van der Waals surface area contributed by atoms with Gasteiger partial charge in [0, 0.05) is 24.7 Å². The fraction of sp³-hybridized carbons (Fsp3) is 0.500. The average Bonchev–Trinajstić information content (AvgIpc) is 3.20. The molecule has 0 fully saturated rings. The molecule has 1 N–H and O–H groups in total. The van der Waals surface area contributed by atoms with E-state index in [0.29, 0.717) is 37.6 Å². The Balaban J connectivity index is 1.71. The summed E-state index contributed by atoms with van der Waals surface area (Å²) in [5, 5.41) is 7.51. The number of amides is 1. The zero-order chi connectivity index (χ0) is 17.1. The maximum absolute atomic E-state index is 12.3. The van der Waals surface area contributed by atoms with Gasteiger partial charge in [-0.3, -0.25) is 9.48 Å². The lowest BCUT2D eigenvalue weighted by Crippen LogP contribution is -2.30. The minimum absolute atomic E-state index is 0.0413. The zero-order valence-corrected chi connectivity index (χ0v) is 14.2. The van der Waals surface area contributed by atoms with E-state index in [1.54, 1.807) is 23.0 Å². The molecule has 3 heterocycles. The minimum Gasteiger partial charge on any atom is -0.481 e. The van der Waals surface area contributed by atoms with Crippen molar-refractivity contribution in [2.45, 2.75) is 39.5 Å². The summed E-state index contributed by atoms with van der Waals surface area (Å²) in [5.74, 6) is 0.611.